The van der Waals surface area contributed by atoms with Gasteiger partial charge in [-0.2, -0.15) is 0 Å². The summed E-state index contributed by atoms with van der Waals surface area (Å²) < 4.78 is 9.18. The molecule has 0 aromatic heterocycles. The van der Waals surface area contributed by atoms with E-state index in [1.54, 1.807) is 29.0 Å². The number of likely N-dealkylation sites (tertiary alicyclic amines) is 1. The van der Waals surface area contributed by atoms with Crippen LogP contribution in [0.2, 0.25) is 0 Å². The van der Waals surface area contributed by atoms with E-state index >= 15 is 0 Å². The fourth-order valence-corrected chi connectivity index (χ4v) is 9.09. The predicted octanol–water partition coefficient (Wildman–Crippen LogP) is 3.39. The van der Waals surface area contributed by atoms with Gasteiger partial charge >= 0.3 is 5.97 Å². The summed E-state index contributed by atoms with van der Waals surface area (Å²) >= 11 is 1.50. The van der Waals surface area contributed by atoms with E-state index in [-0.39, 0.29) is 25.0 Å². The summed E-state index contributed by atoms with van der Waals surface area (Å²) in [5.41, 5.74) is 1.62. The summed E-state index contributed by atoms with van der Waals surface area (Å²) in [6.07, 6.45) is 8.89. The summed E-state index contributed by atoms with van der Waals surface area (Å²) in [4.78, 5) is 46.1. The van der Waals surface area contributed by atoms with Gasteiger partial charge in [0.15, 0.2) is 0 Å². The maximum Gasteiger partial charge on any atom is 0.311 e. The lowest BCUT2D eigenvalue weighted by molar-refractivity contribution is -0.154. The van der Waals surface area contributed by atoms with Gasteiger partial charge in [-0.25, -0.2) is 0 Å². The Kier molecular flexibility index (Phi) is 7.20. The van der Waals surface area contributed by atoms with Crippen LogP contribution in [0.5, 0.6) is 5.75 Å². The fraction of sp³-hybridized carbons (Fsp3) is 0.406. The van der Waals surface area contributed by atoms with Gasteiger partial charge < -0.3 is 24.4 Å². The summed E-state index contributed by atoms with van der Waals surface area (Å²) in [7, 11) is 1.59. The minimum Gasteiger partial charge on any atom is -0.497 e. The number of benzene rings is 2. The number of rotatable bonds is 6. The average Bonchev–Trinajstić information content (AvgIpc) is 3.30. The zero-order chi connectivity index (χ0) is 28.8. The molecule has 2 aromatic rings. The molecular formula is C32H34N2O6S. The van der Waals surface area contributed by atoms with E-state index in [1.165, 1.54) is 11.8 Å². The Morgan fingerprint density at radius 1 is 1.02 bits per heavy atom. The highest BCUT2D eigenvalue weighted by Gasteiger charge is 2.74. The van der Waals surface area contributed by atoms with Crippen molar-refractivity contribution in [2.75, 3.05) is 31.8 Å². The van der Waals surface area contributed by atoms with Crippen LogP contribution in [-0.2, 0) is 25.5 Å². The first-order valence-electron chi connectivity index (χ1n) is 14.0. The Labute approximate surface area is 244 Å². The van der Waals surface area contributed by atoms with Crippen LogP contribution in [-0.4, -0.2) is 76.2 Å². The zero-order valence-electron chi connectivity index (χ0n) is 23.1. The number of thioether (sulfide) groups is 1. The van der Waals surface area contributed by atoms with Gasteiger partial charge in [0, 0.05) is 17.0 Å². The standard InChI is InChI=1S/C32H34N2O6S/c1-31-15-6-7-18-40-30(38)26(31)25-28(36)34(23(20-35)19-21-9-4-3-5-10-21)27-29(37)33(17-8-16-32(25,27)41-31)22-11-13-24(39-2)14-12-22/h3-6,8-16,23,25-27,35H,7,17-20H2,1-2H3/t23-,25+,26-,27?,31+,32+/m1/s1. The molecule has 6 atom stereocenters. The number of amides is 2. The molecule has 1 unspecified atom stereocenters. The maximum atomic E-state index is 14.7. The van der Waals surface area contributed by atoms with Crippen LogP contribution in [0.3, 0.4) is 0 Å². The lowest BCUT2D eigenvalue weighted by atomic mass is 9.74. The molecule has 41 heavy (non-hydrogen) atoms. The Bertz CT molecular complexity index is 1390. The summed E-state index contributed by atoms with van der Waals surface area (Å²) in [6, 6.07) is 15.3. The first-order chi connectivity index (χ1) is 19.8. The van der Waals surface area contributed by atoms with Gasteiger partial charge in [-0.05, 0) is 49.6 Å². The molecule has 1 spiro atoms. The van der Waals surface area contributed by atoms with Crippen LogP contribution in [0.25, 0.3) is 0 Å². The zero-order valence-corrected chi connectivity index (χ0v) is 24.0. The molecule has 0 saturated carbocycles. The number of hydrogen-bond donors (Lipinski definition) is 1. The molecule has 2 fully saturated rings. The largest absolute Gasteiger partial charge is 0.497 e. The van der Waals surface area contributed by atoms with E-state index in [4.69, 9.17) is 9.47 Å². The first-order valence-corrected chi connectivity index (χ1v) is 14.8. The number of anilines is 1. The third-order valence-corrected chi connectivity index (χ3v) is 10.6. The normalized spacial score (nSPS) is 31.5. The van der Waals surface area contributed by atoms with Crippen molar-refractivity contribution < 1.29 is 29.0 Å². The Balaban J connectivity index is 1.49. The molecule has 2 amide bonds. The van der Waals surface area contributed by atoms with Crippen LogP contribution < -0.4 is 9.64 Å². The second-order valence-corrected chi connectivity index (χ2v) is 13.0. The monoisotopic (exact) mass is 574 g/mol. The number of ether oxygens (including phenoxy) is 2. The summed E-state index contributed by atoms with van der Waals surface area (Å²) in [5, 5.41) is 10.7. The van der Waals surface area contributed by atoms with E-state index in [2.05, 4.69) is 0 Å². The van der Waals surface area contributed by atoms with Crippen LogP contribution in [0, 0.1) is 11.8 Å². The third kappa shape index (κ3) is 4.46. The van der Waals surface area contributed by atoms with Crippen molar-refractivity contribution in [2.24, 2.45) is 11.8 Å². The van der Waals surface area contributed by atoms with Gasteiger partial charge in [0.2, 0.25) is 5.91 Å². The highest BCUT2D eigenvalue weighted by atomic mass is 32.2. The molecule has 4 aliphatic rings. The Morgan fingerprint density at radius 2 is 1.78 bits per heavy atom. The van der Waals surface area contributed by atoms with Gasteiger partial charge in [-0.15, -0.1) is 11.8 Å². The van der Waals surface area contributed by atoms with Crippen molar-refractivity contribution in [2.45, 2.75) is 41.3 Å². The number of fused-ring (bicyclic) bond motifs is 2. The number of methoxy groups -OCH3 is 1. The number of aliphatic hydroxyl groups is 1. The molecule has 0 radical (unpaired) electrons. The van der Waals surface area contributed by atoms with Crippen molar-refractivity contribution in [1.29, 1.82) is 0 Å². The number of esters is 1. The number of carbonyl (C=O) groups excluding carboxylic acids is 3. The van der Waals surface area contributed by atoms with Crippen LogP contribution >= 0.6 is 11.8 Å². The molecule has 2 saturated heterocycles. The molecule has 0 bridgehead atoms. The number of aliphatic hydroxyl groups excluding tert-OH is 1. The van der Waals surface area contributed by atoms with Crippen molar-refractivity contribution in [1.82, 2.24) is 4.90 Å². The van der Waals surface area contributed by atoms with Crippen molar-refractivity contribution >= 4 is 35.2 Å². The molecule has 2 aromatic carbocycles. The predicted molar refractivity (Wildman–Crippen MR) is 157 cm³/mol. The molecule has 6 rings (SSSR count). The molecule has 9 heteroatoms. The number of hydrogen-bond acceptors (Lipinski definition) is 7. The minimum absolute atomic E-state index is 0.245. The van der Waals surface area contributed by atoms with Crippen LogP contribution in [0.4, 0.5) is 5.69 Å². The Hall–Kier alpha value is -3.56. The van der Waals surface area contributed by atoms with Crippen molar-refractivity contribution in [3.8, 4) is 5.75 Å². The second-order valence-electron chi connectivity index (χ2n) is 11.2. The molecule has 0 aliphatic carbocycles. The van der Waals surface area contributed by atoms with E-state index in [9.17, 15) is 19.5 Å². The van der Waals surface area contributed by atoms with Crippen LogP contribution in [0.1, 0.15) is 18.9 Å². The number of cyclic esters (lactones) is 1. The van der Waals surface area contributed by atoms with Crippen molar-refractivity contribution in [3.05, 3.63) is 84.5 Å². The second kappa shape index (κ2) is 10.7. The third-order valence-electron chi connectivity index (χ3n) is 8.76. The lowest BCUT2D eigenvalue weighted by Gasteiger charge is -2.40. The summed E-state index contributed by atoms with van der Waals surface area (Å²) in [5.74, 6) is -1.88. The Morgan fingerprint density at radius 3 is 2.49 bits per heavy atom. The quantitative estimate of drug-likeness (QED) is 0.417. The van der Waals surface area contributed by atoms with Gasteiger partial charge in [0.1, 0.15) is 11.8 Å². The van der Waals surface area contributed by atoms with Gasteiger partial charge in [-0.1, -0.05) is 54.6 Å². The fourth-order valence-electron chi connectivity index (χ4n) is 6.95. The molecular weight excluding hydrogens is 540 g/mol. The average molecular weight is 575 g/mol. The SMILES string of the molecule is COc1ccc(N2CC=C[C@]34S[C@@]5(C)C=CCCOC(=O)[C@H]5[C@H]3C(=O)N([C@@H](CO)Cc3ccccc3)C4C2=O)cc1. The van der Waals surface area contributed by atoms with Crippen LogP contribution in [0.15, 0.2) is 78.9 Å². The highest BCUT2D eigenvalue weighted by Crippen LogP contribution is 2.65. The van der Waals surface area contributed by atoms with Gasteiger partial charge in [-0.3, -0.25) is 14.4 Å². The van der Waals surface area contributed by atoms with E-state index in [1.807, 2.05) is 73.7 Å². The van der Waals surface area contributed by atoms with E-state index in [0.29, 0.717) is 30.8 Å². The topological polar surface area (TPSA) is 96.4 Å². The summed E-state index contributed by atoms with van der Waals surface area (Å²) in [6.45, 7) is 2.20. The van der Waals surface area contributed by atoms with E-state index in [0.717, 1.165) is 5.56 Å². The molecule has 4 heterocycles. The first kappa shape index (κ1) is 27.6. The van der Waals surface area contributed by atoms with E-state index < -0.39 is 39.4 Å². The van der Waals surface area contributed by atoms with Gasteiger partial charge in [0.25, 0.3) is 5.91 Å². The molecule has 4 aliphatic heterocycles. The highest BCUT2D eigenvalue weighted by molar-refractivity contribution is 8.02. The van der Waals surface area contributed by atoms with Crippen molar-refractivity contribution in [3.63, 3.8) is 0 Å². The maximum absolute atomic E-state index is 14.7. The molecule has 8 nitrogen and oxygen atoms in total. The van der Waals surface area contributed by atoms with Gasteiger partial charge in [0.05, 0.1) is 42.9 Å². The lowest BCUT2D eigenvalue weighted by Crippen LogP contribution is -2.57. The molecule has 1 N–H and O–H groups in total. The smallest absolute Gasteiger partial charge is 0.311 e. The number of carbonyl (C=O) groups is 3. The number of nitrogens with zero attached hydrogens (tertiary/aromatic N) is 2. The minimum atomic E-state index is -1.02. The molecule has 214 valence electrons.